The molecular weight excluding hydrogens is 398 g/mol. The van der Waals surface area contributed by atoms with Crippen LogP contribution in [-0.2, 0) is 9.53 Å². The molecule has 8 heteroatoms. The van der Waals surface area contributed by atoms with Crippen molar-refractivity contribution in [3.05, 3.63) is 75.1 Å². The van der Waals surface area contributed by atoms with E-state index in [2.05, 4.69) is 5.32 Å². The van der Waals surface area contributed by atoms with Gasteiger partial charge in [-0.2, -0.15) is 0 Å². The number of esters is 1. The third-order valence-corrected chi connectivity index (χ3v) is 4.27. The van der Waals surface area contributed by atoms with Gasteiger partial charge in [0.15, 0.2) is 17.8 Å². The molecule has 0 spiro atoms. The zero-order chi connectivity index (χ0) is 21.0. The lowest BCUT2D eigenvalue weighted by Gasteiger charge is -2.06. The van der Waals surface area contributed by atoms with E-state index in [1.165, 1.54) is 30.3 Å². The average Bonchev–Trinajstić information content (AvgIpc) is 2.72. The predicted molar refractivity (Wildman–Crippen MR) is 107 cm³/mol. The Morgan fingerprint density at radius 2 is 1.79 bits per heavy atom. The summed E-state index contributed by atoms with van der Waals surface area (Å²) in [5.74, 6) is -1.83. The number of carbonyl (C=O) groups is 3. The van der Waals surface area contributed by atoms with Crippen molar-refractivity contribution in [2.75, 3.05) is 11.9 Å². The fourth-order valence-electron chi connectivity index (χ4n) is 2.50. The lowest BCUT2D eigenvalue weighted by molar-refractivity contribution is -0.115. The van der Waals surface area contributed by atoms with Gasteiger partial charge in [-0.15, -0.1) is 0 Å². The summed E-state index contributed by atoms with van der Waals surface area (Å²) >= 11 is 5.85. The second kappa shape index (κ2) is 8.70. The van der Waals surface area contributed by atoms with Gasteiger partial charge in [-0.25, -0.2) is 4.79 Å². The van der Waals surface area contributed by atoms with Gasteiger partial charge < -0.3 is 14.5 Å². The second-order valence-electron chi connectivity index (χ2n) is 6.09. The predicted octanol–water partition coefficient (Wildman–Crippen LogP) is 3.83. The molecule has 0 bridgehead atoms. The van der Waals surface area contributed by atoms with Gasteiger partial charge in [0, 0.05) is 28.8 Å². The number of carbonyl (C=O) groups excluding carboxylic acids is 3. The Morgan fingerprint density at radius 3 is 2.48 bits per heavy atom. The molecule has 1 aromatic heterocycles. The molecule has 0 unspecified atom stereocenters. The van der Waals surface area contributed by atoms with Crippen LogP contribution in [0.3, 0.4) is 0 Å². The molecule has 0 atom stereocenters. The van der Waals surface area contributed by atoms with Crippen LogP contribution in [0.1, 0.15) is 34.3 Å². The van der Waals surface area contributed by atoms with Crippen LogP contribution in [-0.4, -0.2) is 24.3 Å². The fourth-order valence-corrected chi connectivity index (χ4v) is 2.68. The summed E-state index contributed by atoms with van der Waals surface area (Å²) < 4.78 is 10.3. The van der Waals surface area contributed by atoms with Gasteiger partial charge >= 0.3 is 5.97 Å². The minimum Gasteiger partial charge on any atom is -0.451 e. The fraction of sp³-hybridized carbons (Fsp3) is 0.143. The maximum Gasteiger partial charge on any atom is 0.374 e. The lowest BCUT2D eigenvalue weighted by atomic mass is 10.1. The summed E-state index contributed by atoms with van der Waals surface area (Å²) in [6.45, 7) is 1.20. The number of halogens is 1. The van der Waals surface area contributed by atoms with Crippen molar-refractivity contribution in [3.63, 3.8) is 0 Å². The normalized spacial score (nSPS) is 10.6. The Bertz CT molecular complexity index is 1150. The van der Waals surface area contributed by atoms with Crippen molar-refractivity contribution < 1.29 is 23.5 Å². The van der Waals surface area contributed by atoms with E-state index in [9.17, 15) is 19.2 Å². The summed E-state index contributed by atoms with van der Waals surface area (Å²) in [7, 11) is 0. The van der Waals surface area contributed by atoms with E-state index < -0.39 is 23.8 Å². The standard InChI is InChI=1S/C21H16ClNO6/c1-2-20(26)23-14-6-3-12(4-7-14)17(25)11-28-21(27)19-10-16(24)15-9-13(22)5-8-18(15)29-19/h3-10H,2,11H2,1H3,(H,23,26). The van der Waals surface area contributed by atoms with Gasteiger partial charge in [-0.1, -0.05) is 18.5 Å². The highest BCUT2D eigenvalue weighted by atomic mass is 35.5. The van der Waals surface area contributed by atoms with E-state index in [1.807, 2.05) is 0 Å². The summed E-state index contributed by atoms with van der Waals surface area (Å²) in [5, 5.41) is 3.27. The van der Waals surface area contributed by atoms with E-state index in [0.29, 0.717) is 22.7 Å². The summed E-state index contributed by atoms with van der Waals surface area (Å²) in [4.78, 5) is 47.9. The van der Waals surface area contributed by atoms with Gasteiger partial charge in [0.2, 0.25) is 11.7 Å². The highest BCUT2D eigenvalue weighted by molar-refractivity contribution is 6.31. The number of ketones is 1. The lowest BCUT2D eigenvalue weighted by Crippen LogP contribution is -2.16. The topological polar surface area (TPSA) is 103 Å². The van der Waals surface area contributed by atoms with Crippen LogP contribution in [0.4, 0.5) is 5.69 Å². The Labute approximate surface area is 170 Å². The van der Waals surface area contributed by atoms with Crippen LogP contribution < -0.4 is 10.7 Å². The van der Waals surface area contributed by atoms with Gasteiger partial charge in [0.1, 0.15) is 5.58 Å². The van der Waals surface area contributed by atoms with Gasteiger partial charge in [-0.3, -0.25) is 14.4 Å². The minimum absolute atomic E-state index is 0.142. The number of fused-ring (bicyclic) bond motifs is 1. The first-order valence-corrected chi connectivity index (χ1v) is 9.09. The van der Waals surface area contributed by atoms with E-state index in [-0.39, 0.29) is 22.6 Å². The molecule has 3 aromatic rings. The van der Waals surface area contributed by atoms with Gasteiger partial charge in [-0.05, 0) is 42.5 Å². The third kappa shape index (κ3) is 4.89. The second-order valence-corrected chi connectivity index (χ2v) is 6.53. The zero-order valence-electron chi connectivity index (χ0n) is 15.4. The molecule has 0 aliphatic carbocycles. The number of anilines is 1. The number of amides is 1. The smallest absolute Gasteiger partial charge is 0.374 e. The number of ether oxygens (including phenoxy) is 1. The number of nitrogens with one attached hydrogen (secondary N) is 1. The highest BCUT2D eigenvalue weighted by Gasteiger charge is 2.16. The molecule has 2 aromatic carbocycles. The largest absolute Gasteiger partial charge is 0.451 e. The van der Waals surface area contributed by atoms with Crippen LogP contribution in [0, 0.1) is 0 Å². The Hall–Kier alpha value is -3.45. The molecule has 29 heavy (non-hydrogen) atoms. The van der Waals surface area contributed by atoms with Crippen LogP contribution in [0.2, 0.25) is 5.02 Å². The highest BCUT2D eigenvalue weighted by Crippen LogP contribution is 2.18. The number of benzene rings is 2. The molecule has 0 saturated carbocycles. The first-order chi connectivity index (χ1) is 13.9. The molecular formula is C21H16ClNO6. The Kier molecular flexibility index (Phi) is 6.09. The molecule has 7 nitrogen and oxygen atoms in total. The first kappa shape index (κ1) is 20.3. The number of hydrogen-bond donors (Lipinski definition) is 1. The maximum atomic E-state index is 12.2. The van der Waals surface area contributed by atoms with Crippen LogP contribution >= 0.6 is 11.6 Å². The Morgan fingerprint density at radius 1 is 1.07 bits per heavy atom. The summed E-state index contributed by atoms with van der Waals surface area (Å²) in [5.41, 5.74) is 0.604. The molecule has 148 valence electrons. The minimum atomic E-state index is -0.931. The molecule has 0 saturated heterocycles. The van der Waals surface area contributed by atoms with Gasteiger partial charge in [0.25, 0.3) is 0 Å². The van der Waals surface area contributed by atoms with Crippen LogP contribution in [0.5, 0.6) is 0 Å². The van der Waals surface area contributed by atoms with Crippen molar-refractivity contribution in [2.45, 2.75) is 13.3 Å². The third-order valence-electron chi connectivity index (χ3n) is 4.04. The van der Waals surface area contributed by atoms with Crippen molar-refractivity contribution in [2.24, 2.45) is 0 Å². The number of rotatable bonds is 6. The molecule has 0 aliphatic rings. The molecule has 0 radical (unpaired) electrons. The number of hydrogen-bond acceptors (Lipinski definition) is 6. The molecule has 1 amide bonds. The zero-order valence-corrected chi connectivity index (χ0v) is 16.1. The number of Topliss-reactive ketones (excluding diaryl/α,β-unsaturated/α-hetero) is 1. The Balaban J connectivity index is 1.66. The van der Waals surface area contributed by atoms with Crippen molar-refractivity contribution in [3.8, 4) is 0 Å². The molecule has 0 aliphatic heterocycles. The van der Waals surface area contributed by atoms with E-state index >= 15 is 0 Å². The molecule has 3 rings (SSSR count). The van der Waals surface area contributed by atoms with Crippen molar-refractivity contribution >= 4 is 45.9 Å². The molecule has 0 fully saturated rings. The van der Waals surface area contributed by atoms with Crippen LogP contribution in [0.15, 0.2) is 57.7 Å². The maximum absolute atomic E-state index is 12.2. The van der Waals surface area contributed by atoms with E-state index in [0.717, 1.165) is 6.07 Å². The molecule has 1 N–H and O–H groups in total. The van der Waals surface area contributed by atoms with E-state index in [1.54, 1.807) is 19.1 Å². The first-order valence-electron chi connectivity index (χ1n) is 8.71. The summed E-state index contributed by atoms with van der Waals surface area (Å²) in [6, 6.07) is 11.6. The van der Waals surface area contributed by atoms with Crippen molar-refractivity contribution in [1.82, 2.24) is 0 Å². The monoisotopic (exact) mass is 413 g/mol. The molecule has 1 heterocycles. The quantitative estimate of drug-likeness (QED) is 0.486. The average molecular weight is 414 g/mol. The van der Waals surface area contributed by atoms with Crippen LogP contribution in [0.25, 0.3) is 11.0 Å². The van der Waals surface area contributed by atoms with Gasteiger partial charge in [0.05, 0.1) is 5.39 Å². The summed E-state index contributed by atoms with van der Waals surface area (Å²) in [6.07, 6.45) is 0.342. The van der Waals surface area contributed by atoms with E-state index in [4.69, 9.17) is 20.8 Å². The van der Waals surface area contributed by atoms with Crippen molar-refractivity contribution in [1.29, 1.82) is 0 Å². The SMILES string of the molecule is CCC(=O)Nc1ccc(C(=O)COC(=O)c2cc(=O)c3cc(Cl)ccc3o2)cc1.